The average molecular weight is 708 g/mol. The summed E-state index contributed by atoms with van der Waals surface area (Å²) in [5.41, 5.74) is 13.8. The van der Waals surface area contributed by atoms with E-state index in [1.807, 2.05) is 84.9 Å². The number of fused-ring (bicyclic) bond motifs is 6. The Bertz CT molecular complexity index is 2850. The van der Waals surface area contributed by atoms with Gasteiger partial charge in [0.15, 0.2) is 28.8 Å². The van der Waals surface area contributed by atoms with Crippen LogP contribution in [0, 0.1) is 11.3 Å². The van der Waals surface area contributed by atoms with E-state index in [2.05, 4.69) is 98.8 Å². The molecule has 0 saturated heterocycles. The normalized spacial score (nSPS) is 13.0. The van der Waals surface area contributed by atoms with Crippen molar-refractivity contribution < 1.29 is 9.47 Å². The molecule has 5 heteroatoms. The summed E-state index contributed by atoms with van der Waals surface area (Å²) in [5, 5.41) is 9.48. The molecule has 0 N–H and O–H groups in total. The SMILES string of the molecule is CC1(C)c2ccccc2-c2c1ccc1c2Oc2cccc(-c3ccc(-c4cc(-c5cccc(-c6cccc(C#N)c6)c5)nc(-c5ccccc5)n4)cc3)c2O1. The van der Waals surface area contributed by atoms with E-state index in [-0.39, 0.29) is 5.41 Å². The monoisotopic (exact) mass is 707 g/mol. The molecule has 0 fully saturated rings. The molecule has 10 rings (SSSR count). The fourth-order valence-electron chi connectivity index (χ4n) is 7.98. The molecule has 55 heavy (non-hydrogen) atoms. The first-order valence-electron chi connectivity index (χ1n) is 18.4. The van der Waals surface area contributed by atoms with Crippen LogP contribution in [0.4, 0.5) is 0 Å². The molecule has 0 unspecified atom stereocenters. The second-order valence-electron chi connectivity index (χ2n) is 14.5. The molecule has 0 spiro atoms. The minimum absolute atomic E-state index is 0.129. The van der Waals surface area contributed by atoms with Crippen LogP contribution in [0.25, 0.3) is 67.3 Å². The summed E-state index contributed by atoms with van der Waals surface area (Å²) >= 11 is 0. The molecule has 1 aliphatic heterocycles. The fourth-order valence-corrected chi connectivity index (χ4v) is 7.98. The largest absolute Gasteiger partial charge is 0.449 e. The molecule has 0 atom stereocenters. The van der Waals surface area contributed by atoms with Crippen molar-refractivity contribution in [1.29, 1.82) is 5.26 Å². The van der Waals surface area contributed by atoms with Crippen molar-refractivity contribution in [3.05, 3.63) is 180 Å². The molecular formula is C50H33N3O2. The second-order valence-corrected chi connectivity index (χ2v) is 14.5. The maximum absolute atomic E-state index is 9.48. The lowest BCUT2D eigenvalue weighted by atomic mass is 9.82. The summed E-state index contributed by atoms with van der Waals surface area (Å²) in [6, 6.07) is 57.6. The Labute approximate surface area is 319 Å². The molecule has 1 aliphatic carbocycles. The van der Waals surface area contributed by atoms with Crippen LogP contribution in [0.2, 0.25) is 0 Å². The highest BCUT2D eigenvalue weighted by molar-refractivity contribution is 5.89. The van der Waals surface area contributed by atoms with Crippen LogP contribution in [0.15, 0.2) is 164 Å². The van der Waals surface area contributed by atoms with Gasteiger partial charge in [0.25, 0.3) is 0 Å². The lowest BCUT2D eigenvalue weighted by Gasteiger charge is -2.26. The smallest absolute Gasteiger partial charge is 0.178 e. The molecule has 260 valence electrons. The molecule has 8 aromatic rings. The Morgan fingerprint density at radius 2 is 1.09 bits per heavy atom. The molecule has 1 aromatic heterocycles. The average Bonchev–Trinajstić information content (AvgIpc) is 3.49. The molecule has 2 aliphatic rings. The van der Waals surface area contributed by atoms with E-state index in [1.165, 1.54) is 16.7 Å². The number of nitriles is 1. The van der Waals surface area contributed by atoms with Gasteiger partial charge in [0.2, 0.25) is 0 Å². The van der Waals surface area contributed by atoms with Crippen molar-refractivity contribution >= 4 is 0 Å². The van der Waals surface area contributed by atoms with E-state index < -0.39 is 0 Å². The minimum Gasteiger partial charge on any atom is -0.449 e. The van der Waals surface area contributed by atoms with E-state index in [0.29, 0.717) is 28.6 Å². The van der Waals surface area contributed by atoms with Crippen molar-refractivity contribution in [1.82, 2.24) is 9.97 Å². The van der Waals surface area contributed by atoms with Crippen LogP contribution in [0.3, 0.4) is 0 Å². The van der Waals surface area contributed by atoms with Gasteiger partial charge >= 0.3 is 0 Å². The van der Waals surface area contributed by atoms with Crippen molar-refractivity contribution in [2.75, 3.05) is 0 Å². The third-order valence-corrected chi connectivity index (χ3v) is 10.8. The molecule has 0 bridgehead atoms. The van der Waals surface area contributed by atoms with Gasteiger partial charge in [0.1, 0.15) is 0 Å². The summed E-state index contributed by atoms with van der Waals surface area (Å²) in [6.07, 6.45) is 0. The van der Waals surface area contributed by atoms with Crippen molar-refractivity contribution in [2.24, 2.45) is 0 Å². The minimum atomic E-state index is -0.129. The summed E-state index contributed by atoms with van der Waals surface area (Å²) in [4.78, 5) is 10.1. The Morgan fingerprint density at radius 1 is 0.473 bits per heavy atom. The molecule has 0 saturated carbocycles. The summed E-state index contributed by atoms with van der Waals surface area (Å²) in [7, 11) is 0. The molecule has 7 aromatic carbocycles. The molecule has 0 radical (unpaired) electrons. The van der Waals surface area contributed by atoms with Crippen LogP contribution in [-0.2, 0) is 5.41 Å². The van der Waals surface area contributed by atoms with Crippen LogP contribution in [0.5, 0.6) is 23.0 Å². The summed E-state index contributed by atoms with van der Waals surface area (Å²) in [6.45, 7) is 4.54. The fraction of sp³-hybridized carbons (Fsp3) is 0.0600. The highest BCUT2D eigenvalue weighted by atomic mass is 16.6. The van der Waals surface area contributed by atoms with Gasteiger partial charge in [-0.2, -0.15) is 5.26 Å². The Kier molecular flexibility index (Phi) is 7.47. The zero-order chi connectivity index (χ0) is 37.1. The van der Waals surface area contributed by atoms with E-state index >= 15 is 0 Å². The van der Waals surface area contributed by atoms with Crippen LogP contribution in [0.1, 0.15) is 30.5 Å². The van der Waals surface area contributed by atoms with Gasteiger partial charge in [-0.15, -0.1) is 0 Å². The Hall–Kier alpha value is -7.29. The van der Waals surface area contributed by atoms with E-state index in [0.717, 1.165) is 61.6 Å². The summed E-state index contributed by atoms with van der Waals surface area (Å²) in [5.74, 6) is 3.52. The highest BCUT2D eigenvalue weighted by Gasteiger charge is 2.39. The number of ether oxygens (including phenoxy) is 2. The highest BCUT2D eigenvalue weighted by Crippen LogP contribution is 2.59. The van der Waals surface area contributed by atoms with Gasteiger partial charge in [-0.05, 0) is 69.8 Å². The van der Waals surface area contributed by atoms with Crippen molar-refractivity contribution in [2.45, 2.75) is 19.3 Å². The van der Waals surface area contributed by atoms with Gasteiger partial charge < -0.3 is 9.47 Å². The number of nitrogens with zero attached hydrogens (tertiary/aromatic N) is 3. The quantitative estimate of drug-likeness (QED) is 0.178. The van der Waals surface area contributed by atoms with Crippen LogP contribution < -0.4 is 9.47 Å². The van der Waals surface area contributed by atoms with Crippen LogP contribution >= 0.6 is 0 Å². The number of benzene rings is 7. The van der Waals surface area contributed by atoms with E-state index in [4.69, 9.17) is 19.4 Å². The number of hydrogen-bond acceptors (Lipinski definition) is 5. The maximum Gasteiger partial charge on any atom is 0.178 e. The number of aromatic nitrogens is 2. The summed E-state index contributed by atoms with van der Waals surface area (Å²) < 4.78 is 13.4. The van der Waals surface area contributed by atoms with Gasteiger partial charge in [-0.25, -0.2) is 9.97 Å². The number of para-hydroxylation sites is 1. The lowest BCUT2D eigenvalue weighted by molar-refractivity contribution is 0.361. The third-order valence-electron chi connectivity index (χ3n) is 10.8. The number of hydrogen-bond donors (Lipinski definition) is 0. The Balaban J connectivity index is 1.01. The maximum atomic E-state index is 9.48. The second kappa shape index (κ2) is 12.7. The van der Waals surface area contributed by atoms with E-state index in [1.54, 1.807) is 0 Å². The molecule has 5 nitrogen and oxygen atoms in total. The predicted octanol–water partition coefficient (Wildman–Crippen LogP) is 12.9. The standard InChI is InChI=1S/C50H33N3O2/c1-50(2)40-19-7-6-17-39(40)46-41(50)25-26-45-48(46)55-44-20-10-18-38(47(44)54-45)32-21-23-33(24-22-32)42-29-43(53-49(52-42)34-12-4-3-5-13-34)37-16-9-15-36(28-37)35-14-8-11-31(27-35)30-51/h3-29H,1-2H3. The van der Waals surface area contributed by atoms with E-state index in [9.17, 15) is 5.26 Å². The van der Waals surface area contributed by atoms with Gasteiger partial charge in [-0.1, -0.05) is 141 Å². The zero-order valence-electron chi connectivity index (χ0n) is 30.2. The van der Waals surface area contributed by atoms with Crippen LogP contribution in [-0.4, -0.2) is 9.97 Å². The Morgan fingerprint density at radius 3 is 1.91 bits per heavy atom. The topological polar surface area (TPSA) is 68.0 Å². The van der Waals surface area contributed by atoms with Crippen molar-refractivity contribution in [3.63, 3.8) is 0 Å². The van der Waals surface area contributed by atoms with Crippen molar-refractivity contribution in [3.8, 4) is 96.4 Å². The zero-order valence-corrected chi connectivity index (χ0v) is 30.2. The first-order valence-corrected chi connectivity index (χ1v) is 18.4. The molecule has 2 heterocycles. The predicted molar refractivity (Wildman–Crippen MR) is 218 cm³/mol. The molecular weight excluding hydrogens is 675 g/mol. The third kappa shape index (κ3) is 5.47. The first kappa shape index (κ1) is 32.4. The van der Waals surface area contributed by atoms with Gasteiger partial charge in [0.05, 0.1) is 23.0 Å². The van der Waals surface area contributed by atoms with Gasteiger partial charge in [0, 0.05) is 33.2 Å². The first-order chi connectivity index (χ1) is 26.9. The molecule has 0 amide bonds. The number of rotatable bonds is 5. The lowest BCUT2D eigenvalue weighted by Crippen LogP contribution is -2.15. The van der Waals surface area contributed by atoms with Gasteiger partial charge in [-0.3, -0.25) is 0 Å².